The maximum atomic E-state index is 12.1. The van der Waals surface area contributed by atoms with Gasteiger partial charge in [-0.3, -0.25) is 14.9 Å². The van der Waals surface area contributed by atoms with E-state index >= 15 is 0 Å². The van der Waals surface area contributed by atoms with E-state index in [1.54, 1.807) is 31.2 Å². The van der Waals surface area contributed by atoms with E-state index in [1.807, 2.05) is 0 Å². The lowest BCUT2D eigenvalue weighted by Gasteiger charge is -2.10. The Morgan fingerprint density at radius 3 is 2.68 bits per heavy atom. The number of carbonyl (C=O) groups excluding carboxylic acids is 1. The first kappa shape index (κ1) is 15.4. The predicted molar refractivity (Wildman–Crippen MR) is 79.0 cm³/mol. The van der Waals surface area contributed by atoms with E-state index in [9.17, 15) is 19.7 Å². The minimum absolute atomic E-state index is 0.136. The second-order valence-electron chi connectivity index (χ2n) is 4.70. The normalized spacial score (nSPS) is 10.3. The zero-order chi connectivity index (χ0) is 16.3. The number of hydrogen-bond acceptors (Lipinski definition) is 5. The summed E-state index contributed by atoms with van der Waals surface area (Å²) in [5.41, 5.74) is 0.479. The Labute approximate surface area is 125 Å². The van der Waals surface area contributed by atoms with E-state index in [2.05, 4.69) is 4.74 Å². The van der Waals surface area contributed by atoms with Crippen molar-refractivity contribution in [1.82, 2.24) is 4.57 Å². The molecule has 0 unspecified atom stereocenters. The van der Waals surface area contributed by atoms with Crippen LogP contribution in [-0.4, -0.2) is 22.6 Å². The number of methoxy groups -OCH3 is 1. The maximum Gasteiger partial charge on any atom is 0.337 e. The molecule has 7 nitrogen and oxygen atoms in total. The number of carbonyl (C=O) groups is 1. The molecular weight excluding hydrogens is 288 g/mol. The van der Waals surface area contributed by atoms with Crippen molar-refractivity contribution in [2.45, 2.75) is 13.5 Å². The summed E-state index contributed by atoms with van der Waals surface area (Å²) in [7, 11) is 1.28. The lowest BCUT2D eigenvalue weighted by molar-refractivity contribution is -0.386. The highest BCUT2D eigenvalue weighted by Gasteiger charge is 2.16. The Kier molecular flexibility index (Phi) is 4.36. The SMILES string of the molecule is COC(=O)c1cccc(Cn2c(C)ccc([N+](=O)[O-])c2=O)c1. The van der Waals surface area contributed by atoms with E-state index in [0.717, 1.165) is 0 Å². The van der Waals surface area contributed by atoms with Crippen LogP contribution in [0.2, 0.25) is 0 Å². The average molecular weight is 302 g/mol. The Morgan fingerprint density at radius 2 is 2.05 bits per heavy atom. The minimum atomic E-state index is -0.705. The maximum absolute atomic E-state index is 12.1. The molecule has 0 amide bonds. The van der Waals surface area contributed by atoms with Crippen molar-refractivity contribution in [3.63, 3.8) is 0 Å². The first-order chi connectivity index (χ1) is 10.4. The van der Waals surface area contributed by atoms with E-state index < -0.39 is 22.1 Å². The molecule has 0 radical (unpaired) electrons. The number of ether oxygens (including phenoxy) is 1. The number of aryl methyl sites for hydroxylation is 1. The summed E-state index contributed by atoms with van der Waals surface area (Å²) in [6, 6.07) is 9.30. The van der Waals surface area contributed by atoms with E-state index in [1.165, 1.54) is 23.8 Å². The number of nitrogens with zero attached hydrogens (tertiary/aromatic N) is 2. The van der Waals surface area contributed by atoms with Gasteiger partial charge in [-0.15, -0.1) is 0 Å². The molecule has 0 saturated heterocycles. The van der Waals surface area contributed by atoms with Crippen molar-refractivity contribution in [3.8, 4) is 0 Å². The van der Waals surface area contributed by atoms with Crippen molar-refractivity contribution in [3.05, 3.63) is 73.7 Å². The third-order valence-corrected chi connectivity index (χ3v) is 3.26. The summed E-state index contributed by atoms with van der Waals surface area (Å²) >= 11 is 0. The summed E-state index contributed by atoms with van der Waals surface area (Å²) < 4.78 is 5.94. The van der Waals surface area contributed by atoms with E-state index in [-0.39, 0.29) is 6.54 Å². The van der Waals surface area contributed by atoms with Gasteiger partial charge in [0.05, 0.1) is 24.1 Å². The quantitative estimate of drug-likeness (QED) is 0.488. The Bertz CT molecular complexity index is 795. The molecule has 0 spiro atoms. The average Bonchev–Trinajstić information content (AvgIpc) is 2.50. The van der Waals surface area contributed by atoms with Crippen LogP contribution in [0.3, 0.4) is 0 Å². The highest BCUT2D eigenvalue weighted by molar-refractivity contribution is 5.89. The van der Waals surface area contributed by atoms with Crippen LogP contribution in [0.25, 0.3) is 0 Å². The fraction of sp³-hybridized carbons (Fsp3) is 0.200. The molecule has 1 aromatic carbocycles. The lowest BCUT2D eigenvalue weighted by Crippen LogP contribution is -2.24. The Balaban J connectivity index is 2.43. The van der Waals surface area contributed by atoms with Crippen LogP contribution in [0.5, 0.6) is 0 Å². The van der Waals surface area contributed by atoms with Crippen LogP contribution in [0, 0.1) is 17.0 Å². The summed E-state index contributed by atoms with van der Waals surface area (Å²) in [6.45, 7) is 1.83. The third-order valence-electron chi connectivity index (χ3n) is 3.26. The van der Waals surface area contributed by atoms with Gasteiger partial charge in [0.15, 0.2) is 0 Å². The fourth-order valence-electron chi connectivity index (χ4n) is 2.09. The Hall–Kier alpha value is -2.96. The molecule has 0 atom stereocenters. The van der Waals surface area contributed by atoms with Crippen LogP contribution >= 0.6 is 0 Å². The van der Waals surface area contributed by atoms with Gasteiger partial charge in [0.1, 0.15) is 0 Å². The summed E-state index contributed by atoms with van der Waals surface area (Å²) in [5.74, 6) is -0.482. The van der Waals surface area contributed by atoms with Gasteiger partial charge in [-0.1, -0.05) is 12.1 Å². The topological polar surface area (TPSA) is 91.4 Å². The van der Waals surface area contributed by atoms with Gasteiger partial charge in [0.25, 0.3) is 0 Å². The number of benzene rings is 1. The van der Waals surface area contributed by atoms with Crippen LogP contribution in [-0.2, 0) is 11.3 Å². The highest BCUT2D eigenvalue weighted by atomic mass is 16.6. The van der Waals surface area contributed by atoms with Crippen molar-refractivity contribution in [2.24, 2.45) is 0 Å². The molecule has 2 rings (SSSR count). The molecule has 114 valence electrons. The van der Waals surface area contributed by atoms with Crippen LogP contribution in [0.1, 0.15) is 21.6 Å². The molecule has 0 bridgehead atoms. The van der Waals surface area contributed by atoms with Gasteiger partial charge in [0, 0.05) is 11.8 Å². The highest BCUT2D eigenvalue weighted by Crippen LogP contribution is 2.11. The van der Waals surface area contributed by atoms with Crippen molar-refractivity contribution in [2.75, 3.05) is 7.11 Å². The molecule has 22 heavy (non-hydrogen) atoms. The number of esters is 1. The van der Waals surface area contributed by atoms with Gasteiger partial charge >= 0.3 is 17.2 Å². The van der Waals surface area contributed by atoms with Crippen LogP contribution in [0.4, 0.5) is 5.69 Å². The summed E-state index contributed by atoms with van der Waals surface area (Å²) in [6.07, 6.45) is 0. The first-order valence-electron chi connectivity index (χ1n) is 6.46. The molecule has 1 heterocycles. The number of nitro groups is 1. The Morgan fingerprint density at radius 1 is 1.32 bits per heavy atom. The molecule has 0 N–H and O–H groups in total. The van der Waals surface area contributed by atoms with Gasteiger partial charge < -0.3 is 9.30 Å². The van der Waals surface area contributed by atoms with Crippen molar-refractivity contribution < 1.29 is 14.5 Å². The van der Waals surface area contributed by atoms with Gasteiger partial charge in [-0.2, -0.15) is 0 Å². The zero-order valence-corrected chi connectivity index (χ0v) is 12.1. The standard InChI is InChI=1S/C15H14N2O5/c1-10-6-7-13(17(20)21)14(18)16(10)9-11-4-3-5-12(8-11)15(19)22-2/h3-8H,9H2,1-2H3. The number of aromatic nitrogens is 1. The minimum Gasteiger partial charge on any atom is -0.465 e. The lowest BCUT2D eigenvalue weighted by atomic mass is 10.1. The largest absolute Gasteiger partial charge is 0.465 e. The van der Waals surface area contributed by atoms with Crippen molar-refractivity contribution in [1.29, 1.82) is 0 Å². The number of hydrogen-bond donors (Lipinski definition) is 0. The second-order valence-corrected chi connectivity index (χ2v) is 4.70. The molecule has 0 aliphatic carbocycles. The molecule has 7 heteroatoms. The molecule has 0 aliphatic rings. The van der Waals surface area contributed by atoms with Gasteiger partial charge in [-0.05, 0) is 30.7 Å². The zero-order valence-electron chi connectivity index (χ0n) is 12.1. The molecule has 0 fully saturated rings. The summed E-state index contributed by atoms with van der Waals surface area (Å²) in [5, 5.41) is 10.9. The van der Waals surface area contributed by atoms with Gasteiger partial charge in [-0.25, -0.2) is 4.79 Å². The predicted octanol–water partition coefficient (Wildman–Crippen LogP) is 1.90. The second kappa shape index (κ2) is 6.21. The van der Waals surface area contributed by atoms with Gasteiger partial charge in [0.2, 0.25) is 0 Å². The molecular formula is C15H14N2O5. The van der Waals surface area contributed by atoms with E-state index in [0.29, 0.717) is 16.8 Å². The third kappa shape index (κ3) is 3.03. The molecule has 2 aromatic rings. The van der Waals surface area contributed by atoms with Crippen LogP contribution in [0.15, 0.2) is 41.2 Å². The van der Waals surface area contributed by atoms with Crippen LogP contribution < -0.4 is 5.56 Å². The number of pyridine rings is 1. The molecule has 1 aromatic heterocycles. The van der Waals surface area contributed by atoms with E-state index in [4.69, 9.17) is 0 Å². The fourth-order valence-corrected chi connectivity index (χ4v) is 2.09. The van der Waals surface area contributed by atoms with Crippen molar-refractivity contribution >= 4 is 11.7 Å². The summed E-state index contributed by atoms with van der Waals surface area (Å²) in [4.78, 5) is 33.8. The number of rotatable bonds is 4. The molecule has 0 aliphatic heterocycles. The monoisotopic (exact) mass is 302 g/mol. The smallest absolute Gasteiger partial charge is 0.337 e. The molecule has 0 saturated carbocycles. The first-order valence-corrected chi connectivity index (χ1v) is 6.46.